The second-order valence-electron chi connectivity index (χ2n) is 4.32. The summed E-state index contributed by atoms with van der Waals surface area (Å²) in [6, 6.07) is 12.1. The third-order valence-electron chi connectivity index (χ3n) is 3.29. The van der Waals surface area contributed by atoms with Gasteiger partial charge in [-0.2, -0.15) is 0 Å². The number of Topliss-reactive ketones (excluding diaryl/α,β-unsaturated/α-hetero) is 1. The predicted molar refractivity (Wildman–Crippen MR) is 62.5 cm³/mol. The lowest BCUT2D eigenvalue weighted by molar-refractivity contribution is 0.0920. The summed E-state index contributed by atoms with van der Waals surface area (Å²) >= 11 is 0. The zero-order chi connectivity index (χ0) is 11.0. The number of aromatic amines is 1. The molecular weight excluding hydrogens is 198 g/mol. The molecule has 0 saturated heterocycles. The first-order valence-corrected chi connectivity index (χ1v) is 5.59. The summed E-state index contributed by atoms with van der Waals surface area (Å²) in [6.45, 7) is 0. The highest BCUT2D eigenvalue weighted by Gasteiger charge is 2.27. The first kappa shape index (κ1) is 9.40. The average molecular weight is 211 g/mol. The van der Waals surface area contributed by atoms with Crippen LogP contribution in [0.15, 0.2) is 42.6 Å². The Labute approximate surface area is 94.3 Å². The molecule has 2 aromatic rings. The Balaban J connectivity index is 1.84. The van der Waals surface area contributed by atoms with Crippen molar-refractivity contribution < 1.29 is 4.79 Å². The highest BCUT2D eigenvalue weighted by molar-refractivity contribution is 5.97. The molecule has 1 aliphatic rings. The van der Waals surface area contributed by atoms with E-state index in [2.05, 4.69) is 17.1 Å². The van der Waals surface area contributed by atoms with Gasteiger partial charge in [-0.3, -0.25) is 4.79 Å². The number of rotatable bonds is 2. The Morgan fingerprint density at radius 3 is 2.31 bits per heavy atom. The lowest BCUT2D eigenvalue weighted by Crippen LogP contribution is -2.15. The van der Waals surface area contributed by atoms with Gasteiger partial charge in [-0.25, -0.2) is 0 Å². The number of aromatic nitrogens is 1. The van der Waals surface area contributed by atoms with Crippen LogP contribution in [0.1, 0.15) is 21.6 Å². The van der Waals surface area contributed by atoms with Crippen LogP contribution in [0.25, 0.3) is 0 Å². The van der Waals surface area contributed by atoms with Gasteiger partial charge in [0.15, 0.2) is 5.78 Å². The van der Waals surface area contributed by atoms with E-state index in [1.165, 1.54) is 11.1 Å². The van der Waals surface area contributed by atoms with Crippen LogP contribution in [0, 0.1) is 5.92 Å². The van der Waals surface area contributed by atoms with E-state index < -0.39 is 0 Å². The lowest BCUT2D eigenvalue weighted by atomic mass is 9.99. The fourth-order valence-electron chi connectivity index (χ4n) is 2.45. The van der Waals surface area contributed by atoms with E-state index in [9.17, 15) is 4.79 Å². The Hall–Kier alpha value is -1.83. The molecule has 0 spiro atoms. The maximum atomic E-state index is 12.1. The summed E-state index contributed by atoms with van der Waals surface area (Å²) in [6.07, 6.45) is 3.57. The van der Waals surface area contributed by atoms with Crippen molar-refractivity contribution in [2.45, 2.75) is 12.8 Å². The van der Waals surface area contributed by atoms with Crippen LogP contribution in [0.2, 0.25) is 0 Å². The molecule has 0 amide bonds. The van der Waals surface area contributed by atoms with Gasteiger partial charge in [-0.1, -0.05) is 24.3 Å². The van der Waals surface area contributed by atoms with Gasteiger partial charge >= 0.3 is 0 Å². The quantitative estimate of drug-likeness (QED) is 0.761. The van der Waals surface area contributed by atoms with E-state index >= 15 is 0 Å². The van der Waals surface area contributed by atoms with Crippen LogP contribution in [0.3, 0.4) is 0 Å². The molecule has 1 heterocycles. The number of H-pyrrole nitrogens is 1. The van der Waals surface area contributed by atoms with Crippen LogP contribution >= 0.6 is 0 Å². The first-order chi connectivity index (χ1) is 7.84. The minimum Gasteiger partial charge on any atom is -0.359 e. The third kappa shape index (κ3) is 1.47. The van der Waals surface area contributed by atoms with E-state index in [0.717, 1.165) is 18.5 Å². The molecule has 3 rings (SSSR count). The zero-order valence-corrected chi connectivity index (χ0v) is 8.94. The number of benzene rings is 1. The largest absolute Gasteiger partial charge is 0.359 e. The molecule has 0 aliphatic heterocycles. The Morgan fingerprint density at radius 1 is 1.06 bits per heavy atom. The van der Waals surface area contributed by atoms with Gasteiger partial charge in [-0.05, 0) is 36.1 Å². The van der Waals surface area contributed by atoms with Gasteiger partial charge in [-0.15, -0.1) is 0 Å². The Bertz CT molecular complexity index is 488. The fraction of sp³-hybridized carbons (Fsp3) is 0.214. The minimum atomic E-state index is 0.121. The third-order valence-corrected chi connectivity index (χ3v) is 3.29. The van der Waals surface area contributed by atoms with E-state index in [-0.39, 0.29) is 11.7 Å². The minimum absolute atomic E-state index is 0.121. The lowest BCUT2D eigenvalue weighted by Gasteiger charge is -2.05. The van der Waals surface area contributed by atoms with Crippen molar-refractivity contribution >= 4 is 5.78 Å². The molecule has 0 unspecified atom stereocenters. The molecule has 2 heteroatoms. The molecular formula is C14H13NO. The summed E-state index contributed by atoms with van der Waals surface area (Å²) in [5.41, 5.74) is 3.39. The molecule has 80 valence electrons. The molecule has 1 N–H and O–H groups in total. The summed E-state index contributed by atoms with van der Waals surface area (Å²) in [4.78, 5) is 15.1. The van der Waals surface area contributed by atoms with Gasteiger partial charge in [0, 0.05) is 12.1 Å². The number of carbonyl (C=O) groups is 1. The summed E-state index contributed by atoms with van der Waals surface area (Å²) in [7, 11) is 0. The molecule has 0 atom stereocenters. The maximum Gasteiger partial charge on any atom is 0.182 e. The van der Waals surface area contributed by atoms with Gasteiger partial charge in [0.05, 0.1) is 5.69 Å². The van der Waals surface area contributed by atoms with Crippen LogP contribution in [-0.4, -0.2) is 10.8 Å². The van der Waals surface area contributed by atoms with Crippen molar-refractivity contribution in [3.8, 4) is 0 Å². The standard InChI is InChI=1S/C14H13NO/c16-14(13-6-3-7-15-13)12-8-10-4-1-2-5-11(10)9-12/h1-7,12,15H,8-9H2. The van der Waals surface area contributed by atoms with E-state index in [0.29, 0.717) is 0 Å². The summed E-state index contributed by atoms with van der Waals surface area (Å²) in [5.74, 6) is 0.359. The topological polar surface area (TPSA) is 32.9 Å². The van der Waals surface area contributed by atoms with Crippen molar-refractivity contribution in [2.75, 3.05) is 0 Å². The Kier molecular flexibility index (Phi) is 2.13. The van der Waals surface area contributed by atoms with E-state index in [1.807, 2.05) is 24.3 Å². The molecule has 16 heavy (non-hydrogen) atoms. The predicted octanol–water partition coefficient (Wildman–Crippen LogP) is 2.61. The Morgan fingerprint density at radius 2 is 1.75 bits per heavy atom. The zero-order valence-electron chi connectivity index (χ0n) is 8.94. The van der Waals surface area contributed by atoms with Gasteiger partial charge in [0.25, 0.3) is 0 Å². The molecule has 0 saturated carbocycles. The van der Waals surface area contributed by atoms with E-state index in [1.54, 1.807) is 6.20 Å². The molecule has 2 nitrogen and oxygen atoms in total. The van der Waals surface area contributed by atoms with Gasteiger partial charge in [0.1, 0.15) is 0 Å². The van der Waals surface area contributed by atoms with Crippen molar-refractivity contribution in [1.29, 1.82) is 0 Å². The van der Waals surface area contributed by atoms with Gasteiger partial charge < -0.3 is 4.98 Å². The highest BCUT2D eigenvalue weighted by Crippen LogP contribution is 2.28. The summed E-state index contributed by atoms with van der Waals surface area (Å²) < 4.78 is 0. The smallest absolute Gasteiger partial charge is 0.182 e. The van der Waals surface area contributed by atoms with Crippen molar-refractivity contribution in [2.24, 2.45) is 5.92 Å². The second kappa shape index (κ2) is 3.63. The number of hydrogen-bond acceptors (Lipinski definition) is 1. The molecule has 0 bridgehead atoms. The molecule has 1 aromatic heterocycles. The molecule has 0 fully saturated rings. The van der Waals surface area contributed by atoms with E-state index in [4.69, 9.17) is 0 Å². The number of carbonyl (C=O) groups excluding carboxylic acids is 1. The van der Waals surface area contributed by atoms with Crippen LogP contribution in [0.4, 0.5) is 0 Å². The van der Waals surface area contributed by atoms with Crippen LogP contribution < -0.4 is 0 Å². The normalized spacial score (nSPS) is 15.0. The number of nitrogens with one attached hydrogen (secondary N) is 1. The molecule has 1 aliphatic carbocycles. The number of hydrogen-bond donors (Lipinski definition) is 1. The van der Waals surface area contributed by atoms with Crippen LogP contribution in [0.5, 0.6) is 0 Å². The molecule has 1 aromatic carbocycles. The average Bonchev–Trinajstić information content (AvgIpc) is 2.97. The monoisotopic (exact) mass is 211 g/mol. The van der Waals surface area contributed by atoms with Crippen LogP contribution in [-0.2, 0) is 12.8 Å². The number of fused-ring (bicyclic) bond motifs is 1. The fourth-order valence-corrected chi connectivity index (χ4v) is 2.45. The van der Waals surface area contributed by atoms with Gasteiger partial charge in [0.2, 0.25) is 0 Å². The van der Waals surface area contributed by atoms with Crippen molar-refractivity contribution in [1.82, 2.24) is 4.98 Å². The summed E-state index contributed by atoms with van der Waals surface area (Å²) in [5, 5.41) is 0. The maximum absolute atomic E-state index is 12.1. The first-order valence-electron chi connectivity index (χ1n) is 5.59. The molecule has 0 radical (unpaired) electrons. The van der Waals surface area contributed by atoms with Crippen molar-refractivity contribution in [3.63, 3.8) is 0 Å². The second-order valence-corrected chi connectivity index (χ2v) is 4.32. The number of ketones is 1. The highest BCUT2D eigenvalue weighted by atomic mass is 16.1. The van der Waals surface area contributed by atoms with Crippen molar-refractivity contribution in [3.05, 3.63) is 59.4 Å². The SMILES string of the molecule is O=C(c1ccc[nH]1)C1Cc2ccccc2C1.